The molecule has 0 aliphatic heterocycles. The maximum absolute atomic E-state index is 13.8. The molecule has 1 aromatic rings. The van der Waals surface area contributed by atoms with Crippen LogP contribution in [0.2, 0.25) is 6.04 Å². The molecule has 0 N–H and O–H groups in total. The standard InChI is InChI=1S/C15H17F9O3Si/c1-25-28(26-2,27-3)9-8-10-4-6-11(7-5-10)12(16,17)13(18,19)14(20,21)15(22,23)24/h4-7H,8-9H2,1-3H3. The molecule has 0 saturated carbocycles. The Bertz CT molecular complexity index is 635. The van der Waals surface area contributed by atoms with Gasteiger partial charge in [0.25, 0.3) is 0 Å². The quantitative estimate of drug-likeness (QED) is 0.395. The Morgan fingerprint density at radius 1 is 0.714 bits per heavy atom. The van der Waals surface area contributed by atoms with E-state index in [1.807, 2.05) is 0 Å². The molecule has 3 nitrogen and oxygen atoms in total. The van der Waals surface area contributed by atoms with Gasteiger partial charge in [-0.2, -0.15) is 39.5 Å². The van der Waals surface area contributed by atoms with Crippen LogP contribution in [0.25, 0.3) is 0 Å². The molecule has 0 amide bonds. The topological polar surface area (TPSA) is 27.7 Å². The molecule has 28 heavy (non-hydrogen) atoms. The van der Waals surface area contributed by atoms with Gasteiger partial charge in [-0.3, -0.25) is 0 Å². The first-order valence-electron chi connectivity index (χ1n) is 7.57. The van der Waals surface area contributed by atoms with Gasteiger partial charge in [0.2, 0.25) is 0 Å². The Labute approximate surface area is 155 Å². The van der Waals surface area contributed by atoms with Crippen LogP contribution >= 0.6 is 0 Å². The van der Waals surface area contributed by atoms with Crippen molar-refractivity contribution in [1.82, 2.24) is 0 Å². The number of benzene rings is 1. The molecule has 0 aliphatic carbocycles. The third kappa shape index (κ3) is 4.31. The van der Waals surface area contributed by atoms with Gasteiger partial charge in [0.05, 0.1) is 0 Å². The summed E-state index contributed by atoms with van der Waals surface area (Å²) in [5, 5.41) is 0. The van der Waals surface area contributed by atoms with Crippen LogP contribution in [0, 0.1) is 0 Å². The largest absolute Gasteiger partial charge is 0.500 e. The summed E-state index contributed by atoms with van der Waals surface area (Å²) in [6, 6.07) is 2.72. The van der Waals surface area contributed by atoms with Crippen LogP contribution in [0.4, 0.5) is 39.5 Å². The molecule has 0 aromatic heterocycles. The summed E-state index contributed by atoms with van der Waals surface area (Å²) in [6.07, 6.45) is -6.73. The van der Waals surface area contributed by atoms with Gasteiger partial charge in [-0.15, -0.1) is 0 Å². The molecular weight excluding hydrogens is 427 g/mol. The molecule has 1 aromatic carbocycles. The molecular formula is C15H17F9O3Si. The zero-order valence-electron chi connectivity index (χ0n) is 14.9. The fourth-order valence-electron chi connectivity index (χ4n) is 2.29. The van der Waals surface area contributed by atoms with Crippen molar-refractivity contribution in [2.24, 2.45) is 0 Å². The average molecular weight is 444 g/mol. The first kappa shape index (κ1) is 24.7. The van der Waals surface area contributed by atoms with Crippen molar-refractivity contribution in [2.75, 3.05) is 21.3 Å². The van der Waals surface area contributed by atoms with E-state index in [0.717, 1.165) is 12.1 Å². The van der Waals surface area contributed by atoms with Gasteiger partial charge in [0.15, 0.2) is 0 Å². The van der Waals surface area contributed by atoms with Crippen LogP contribution in [-0.2, 0) is 25.6 Å². The fraction of sp³-hybridized carbons (Fsp3) is 0.600. The summed E-state index contributed by atoms with van der Waals surface area (Å²) in [5.74, 6) is -19.4. The van der Waals surface area contributed by atoms with Crippen LogP contribution < -0.4 is 0 Å². The van der Waals surface area contributed by atoms with Gasteiger partial charge < -0.3 is 13.3 Å². The molecule has 0 atom stereocenters. The monoisotopic (exact) mass is 444 g/mol. The summed E-state index contributed by atoms with van der Waals surface area (Å²) >= 11 is 0. The fourth-order valence-corrected chi connectivity index (χ4v) is 4.00. The van der Waals surface area contributed by atoms with Crippen LogP contribution in [0.15, 0.2) is 24.3 Å². The molecule has 0 saturated heterocycles. The van der Waals surface area contributed by atoms with E-state index in [9.17, 15) is 39.5 Å². The van der Waals surface area contributed by atoms with Crippen molar-refractivity contribution in [1.29, 1.82) is 0 Å². The first-order valence-corrected chi connectivity index (χ1v) is 9.50. The third-order valence-electron chi connectivity index (χ3n) is 4.11. The van der Waals surface area contributed by atoms with E-state index in [0.29, 0.717) is 17.7 Å². The van der Waals surface area contributed by atoms with Crippen LogP contribution in [0.1, 0.15) is 11.1 Å². The summed E-state index contributed by atoms with van der Waals surface area (Å²) in [4.78, 5) is 0. The molecule has 0 spiro atoms. The molecule has 0 fully saturated rings. The minimum atomic E-state index is -6.93. The lowest BCUT2D eigenvalue weighted by Crippen LogP contribution is -2.59. The smallest absolute Gasteiger partial charge is 0.377 e. The second-order valence-corrected chi connectivity index (χ2v) is 8.80. The van der Waals surface area contributed by atoms with Crippen LogP contribution in [-0.4, -0.2) is 48.2 Å². The van der Waals surface area contributed by atoms with E-state index < -0.39 is 38.3 Å². The maximum Gasteiger partial charge on any atom is 0.500 e. The highest BCUT2D eigenvalue weighted by Crippen LogP contribution is 2.56. The van der Waals surface area contributed by atoms with Gasteiger partial charge in [0, 0.05) is 32.9 Å². The molecule has 0 aliphatic rings. The summed E-state index contributed by atoms with van der Waals surface area (Å²) in [5.41, 5.74) is -1.38. The highest BCUT2D eigenvalue weighted by molar-refractivity contribution is 6.60. The van der Waals surface area contributed by atoms with E-state index in [4.69, 9.17) is 13.3 Å². The number of rotatable bonds is 9. The summed E-state index contributed by atoms with van der Waals surface area (Å²) in [6.45, 7) is 0. The number of hydrogen-bond acceptors (Lipinski definition) is 3. The van der Waals surface area contributed by atoms with Crippen molar-refractivity contribution < 1.29 is 52.8 Å². The van der Waals surface area contributed by atoms with E-state index in [2.05, 4.69) is 0 Å². The van der Waals surface area contributed by atoms with Gasteiger partial charge >= 0.3 is 32.7 Å². The number of aryl methyl sites for hydroxylation is 1. The highest BCUT2D eigenvalue weighted by atomic mass is 28.4. The van der Waals surface area contributed by atoms with Crippen LogP contribution in [0.5, 0.6) is 0 Å². The Kier molecular flexibility index (Phi) is 7.24. The van der Waals surface area contributed by atoms with Crippen molar-refractivity contribution in [2.45, 2.75) is 36.4 Å². The summed E-state index contributed by atoms with van der Waals surface area (Å²) < 4.78 is 132. The van der Waals surface area contributed by atoms with Crippen molar-refractivity contribution in [3.8, 4) is 0 Å². The van der Waals surface area contributed by atoms with Gasteiger partial charge in [-0.1, -0.05) is 24.3 Å². The minimum absolute atomic E-state index is 0.128. The predicted octanol–water partition coefficient (Wildman–Crippen LogP) is 5.03. The van der Waals surface area contributed by atoms with E-state index >= 15 is 0 Å². The number of halogens is 9. The van der Waals surface area contributed by atoms with Gasteiger partial charge in [-0.05, 0) is 12.0 Å². The zero-order valence-corrected chi connectivity index (χ0v) is 15.9. The SMILES string of the molecule is CO[Si](CCc1ccc(C(F)(F)C(F)(F)C(F)(F)C(F)(F)F)cc1)(OC)OC. The van der Waals surface area contributed by atoms with Gasteiger partial charge in [-0.25, -0.2) is 0 Å². The van der Waals surface area contributed by atoms with Gasteiger partial charge in [0.1, 0.15) is 0 Å². The van der Waals surface area contributed by atoms with Crippen LogP contribution in [0.3, 0.4) is 0 Å². The van der Waals surface area contributed by atoms with E-state index in [-0.39, 0.29) is 12.5 Å². The predicted molar refractivity (Wildman–Crippen MR) is 81.6 cm³/mol. The Balaban J connectivity index is 3.09. The lowest BCUT2D eigenvalue weighted by atomic mass is 9.96. The molecule has 1 rings (SSSR count). The zero-order chi connectivity index (χ0) is 22.0. The number of hydrogen-bond donors (Lipinski definition) is 0. The van der Waals surface area contributed by atoms with Crippen molar-refractivity contribution in [3.05, 3.63) is 35.4 Å². The molecule has 0 bridgehead atoms. The van der Waals surface area contributed by atoms with E-state index in [1.54, 1.807) is 0 Å². The molecule has 13 heteroatoms. The first-order chi connectivity index (χ1) is 12.6. The second kappa shape index (κ2) is 8.20. The normalized spacial score (nSPS) is 14.4. The second-order valence-electron chi connectivity index (χ2n) is 5.71. The van der Waals surface area contributed by atoms with Crippen molar-refractivity contribution in [3.63, 3.8) is 0 Å². The van der Waals surface area contributed by atoms with E-state index in [1.165, 1.54) is 21.3 Å². The number of alkyl halides is 9. The molecule has 162 valence electrons. The third-order valence-corrected chi connectivity index (χ3v) is 6.84. The molecule has 0 radical (unpaired) electrons. The minimum Gasteiger partial charge on any atom is -0.377 e. The molecule has 0 heterocycles. The Morgan fingerprint density at radius 2 is 1.14 bits per heavy atom. The highest BCUT2D eigenvalue weighted by Gasteiger charge is 2.81. The molecule has 0 unspecified atom stereocenters. The Hall–Kier alpha value is -1.31. The van der Waals surface area contributed by atoms with Crippen molar-refractivity contribution >= 4 is 8.80 Å². The lowest BCUT2D eigenvalue weighted by molar-refractivity contribution is -0.399. The maximum atomic E-state index is 13.8. The average Bonchev–Trinajstić information content (AvgIpc) is 2.62. The Morgan fingerprint density at radius 3 is 1.50 bits per heavy atom. The summed E-state index contributed by atoms with van der Waals surface area (Å²) in [7, 11) is 0.957. The lowest BCUT2D eigenvalue weighted by Gasteiger charge is -2.33.